The molecule has 0 bridgehead atoms. The van der Waals surface area contributed by atoms with Gasteiger partial charge >= 0.3 is 0 Å². The molecule has 0 fully saturated rings. The van der Waals surface area contributed by atoms with E-state index in [1.807, 2.05) is 6.92 Å². The first kappa shape index (κ1) is 7.26. The fourth-order valence-corrected chi connectivity index (χ4v) is 1.29. The lowest BCUT2D eigenvalue weighted by Gasteiger charge is -1.93. The van der Waals surface area contributed by atoms with Crippen molar-refractivity contribution in [1.29, 1.82) is 0 Å². The van der Waals surface area contributed by atoms with Crippen LogP contribution in [0, 0.1) is 19.3 Å². The molecule has 0 aliphatic carbocycles. The van der Waals surface area contributed by atoms with Crippen LogP contribution in [0.2, 0.25) is 0 Å². The molecule has 0 saturated carbocycles. The van der Waals surface area contributed by atoms with Crippen LogP contribution in [0.5, 0.6) is 0 Å². The van der Waals surface area contributed by atoms with Crippen LogP contribution >= 0.6 is 11.3 Å². The molecule has 1 N–H and O–H groups in total. The number of aliphatic hydroxyl groups is 1. The zero-order chi connectivity index (χ0) is 7.56. The molecule has 0 aliphatic rings. The van der Waals surface area contributed by atoms with Gasteiger partial charge in [0.2, 0.25) is 0 Å². The van der Waals surface area contributed by atoms with E-state index in [0.717, 1.165) is 4.88 Å². The molecule has 1 atom stereocenters. The van der Waals surface area contributed by atoms with Gasteiger partial charge < -0.3 is 5.11 Å². The molecule has 3 heteroatoms. The van der Waals surface area contributed by atoms with E-state index in [1.165, 1.54) is 11.3 Å². The highest BCUT2D eigenvalue weighted by Gasteiger charge is 2.06. The Hall–Kier alpha value is -0.850. The Morgan fingerprint density at radius 1 is 1.90 bits per heavy atom. The quantitative estimate of drug-likeness (QED) is 0.613. The van der Waals surface area contributed by atoms with E-state index < -0.39 is 6.10 Å². The third-order valence-corrected chi connectivity index (χ3v) is 2.00. The Morgan fingerprint density at radius 2 is 2.60 bits per heavy atom. The van der Waals surface area contributed by atoms with Gasteiger partial charge in [-0.25, -0.2) is 4.98 Å². The molecule has 52 valence electrons. The summed E-state index contributed by atoms with van der Waals surface area (Å²) in [7, 11) is 0. The molecule has 1 aromatic heterocycles. The molecule has 0 spiro atoms. The van der Waals surface area contributed by atoms with Crippen LogP contribution in [0.1, 0.15) is 16.0 Å². The first-order valence-electron chi connectivity index (χ1n) is 2.80. The molecule has 2 nitrogen and oxygen atoms in total. The lowest BCUT2D eigenvalue weighted by atomic mass is 10.4. The van der Waals surface area contributed by atoms with Crippen LogP contribution in [0.25, 0.3) is 0 Å². The molecule has 1 aromatic rings. The SMILES string of the molecule is C#C[C@H](O)c1ncc(C)s1. The van der Waals surface area contributed by atoms with E-state index >= 15 is 0 Å². The number of hydrogen-bond acceptors (Lipinski definition) is 3. The smallest absolute Gasteiger partial charge is 0.166 e. The van der Waals surface area contributed by atoms with Crippen molar-refractivity contribution in [3.63, 3.8) is 0 Å². The van der Waals surface area contributed by atoms with Gasteiger partial charge in [0.15, 0.2) is 6.10 Å². The lowest BCUT2D eigenvalue weighted by molar-refractivity contribution is 0.238. The summed E-state index contributed by atoms with van der Waals surface area (Å²) < 4.78 is 0. The zero-order valence-electron chi connectivity index (χ0n) is 5.53. The Labute approximate surface area is 63.5 Å². The minimum absolute atomic E-state index is 0.597. The van der Waals surface area contributed by atoms with Crippen molar-refractivity contribution < 1.29 is 5.11 Å². The second kappa shape index (κ2) is 2.82. The Balaban J connectivity index is 2.87. The Morgan fingerprint density at radius 3 is 3.00 bits per heavy atom. The van der Waals surface area contributed by atoms with Crippen molar-refractivity contribution in [3.8, 4) is 12.3 Å². The molecule has 1 heterocycles. The number of rotatable bonds is 1. The van der Waals surface area contributed by atoms with Crippen LogP contribution in [0.4, 0.5) is 0 Å². The Kier molecular flexibility index (Phi) is 2.05. The maximum atomic E-state index is 9.05. The highest BCUT2D eigenvalue weighted by molar-refractivity contribution is 7.11. The predicted octanol–water partition coefficient (Wildman–Crippen LogP) is 1.12. The molecule has 0 amide bonds. The van der Waals surface area contributed by atoms with E-state index in [9.17, 15) is 0 Å². The van der Waals surface area contributed by atoms with Gasteiger partial charge in [0, 0.05) is 11.1 Å². The molecule has 0 aliphatic heterocycles. The van der Waals surface area contributed by atoms with Gasteiger partial charge in [-0.05, 0) is 6.92 Å². The third-order valence-electron chi connectivity index (χ3n) is 1.03. The second-order valence-corrected chi connectivity index (χ2v) is 3.14. The number of aliphatic hydroxyl groups excluding tert-OH is 1. The molecule has 0 saturated heterocycles. The van der Waals surface area contributed by atoms with Gasteiger partial charge in [-0.2, -0.15) is 0 Å². The average molecular weight is 153 g/mol. The second-order valence-electron chi connectivity index (χ2n) is 1.88. The number of nitrogens with zero attached hydrogens (tertiary/aromatic N) is 1. The molecule has 0 unspecified atom stereocenters. The number of thiazole rings is 1. The normalized spacial score (nSPS) is 12.5. The summed E-state index contributed by atoms with van der Waals surface area (Å²) in [5, 5.41) is 9.65. The topological polar surface area (TPSA) is 33.1 Å². The zero-order valence-corrected chi connectivity index (χ0v) is 6.35. The van der Waals surface area contributed by atoms with E-state index in [2.05, 4.69) is 10.9 Å². The summed E-state index contributed by atoms with van der Waals surface area (Å²) in [6, 6.07) is 0. The number of terminal acetylenes is 1. The fourth-order valence-electron chi connectivity index (χ4n) is 0.570. The summed E-state index contributed by atoms with van der Waals surface area (Å²) in [4.78, 5) is 4.97. The summed E-state index contributed by atoms with van der Waals surface area (Å²) in [6.45, 7) is 1.92. The first-order chi connectivity index (χ1) is 4.74. The lowest BCUT2D eigenvalue weighted by Crippen LogP contribution is -1.90. The molecular formula is C7H7NOS. The standard InChI is InChI=1S/C7H7NOS/c1-3-6(9)7-8-4-5(2)10-7/h1,4,6,9H,2H3/t6-/m0/s1. The molecule has 0 aromatic carbocycles. The van der Waals surface area contributed by atoms with Crippen molar-refractivity contribution >= 4 is 11.3 Å². The monoisotopic (exact) mass is 153 g/mol. The van der Waals surface area contributed by atoms with Crippen molar-refractivity contribution in [1.82, 2.24) is 4.98 Å². The van der Waals surface area contributed by atoms with E-state index in [0.29, 0.717) is 5.01 Å². The van der Waals surface area contributed by atoms with E-state index in [1.54, 1.807) is 6.20 Å². The van der Waals surface area contributed by atoms with Crippen molar-refractivity contribution in [2.75, 3.05) is 0 Å². The van der Waals surface area contributed by atoms with Gasteiger partial charge in [0.05, 0.1) is 0 Å². The van der Waals surface area contributed by atoms with E-state index in [-0.39, 0.29) is 0 Å². The molecule has 0 radical (unpaired) electrons. The fraction of sp³-hybridized carbons (Fsp3) is 0.286. The van der Waals surface area contributed by atoms with Crippen molar-refractivity contribution in [2.45, 2.75) is 13.0 Å². The Bertz CT molecular complexity index is 261. The molecular weight excluding hydrogens is 146 g/mol. The van der Waals surface area contributed by atoms with Crippen molar-refractivity contribution in [2.24, 2.45) is 0 Å². The molecule has 1 rings (SSSR count). The van der Waals surface area contributed by atoms with Crippen LogP contribution in [-0.2, 0) is 0 Å². The number of aryl methyl sites for hydroxylation is 1. The average Bonchev–Trinajstić information content (AvgIpc) is 2.34. The number of aromatic nitrogens is 1. The largest absolute Gasteiger partial charge is 0.374 e. The summed E-state index contributed by atoms with van der Waals surface area (Å²) in [5.41, 5.74) is 0. The van der Waals surface area contributed by atoms with E-state index in [4.69, 9.17) is 11.5 Å². The van der Waals surface area contributed by atoms with Gasteiger partial charge in [-0.3, -0.25) is 0 Å². The van der Waals surface area contributed by atoms with Gasteiger partial charge in [0.1, 0.15) is 5.01 Å². The van der Waals surface area contributed by atoms with Gasteiger partial charge in [0.25, 0.3) is 0 Å². The highest BCUT2D eigenvalue weighted by Crippen LogP contribution is 2.17. The van der Waals surface area contributed by atoms with Crippen LogP contribution in [0.3, 0.4) is 0 Å². The summed E-state index contributed by atoms with van der Waals surface area (Å²) in [5.74, 6) is 2.20. The first-order valence-corrected chi connectivity index (χ1v) is 3.62. The highest BCUT2D eigenvalue weighted by atomic mass is 32.1. The minimum Gasteiger partial charge on any atom is -0.374 e. The van der Waals surface area contributed by atoms with Gasteiger partial charge in [-0.1, -0.05) is 5.92 Å². The summed E-state index contributed by atoms with van der Waals surface area (Å²) in [6.07, 6.45) is 5.84. The predicted molar refractivity (Wildman–Crippen MR) is 40.6 cm³/mol. The van der Waals surface area contributed by atoms with Crippen LogP contribution < -0.4 is 0 Å². The maximum absolute atomic E-state index is 9.05. The summed E-state index contributed by atoms with van der Waals surface area (Å²) >= 11 is 1.42. The maximum Gasteiger partial charge on any atom is 0.166 e. The van der Waals surface area contributed by atoms with Crippen molar-refractivity contribution in [3.05, 3.63) is 16.1 Å². The third kappa shape index (κ3) is 1.35. The van der Waals surface area contributed by atoms with Gasteiger partial charge in [-0.15, -0.1) is 17.8 Å². The van der Waals surface area contributed by atoms with Crippen LogP contribution in [0.15, 0.2) is 6.20 Å². The van der Waals surface area contributed by atoms with Crippen LogP contribution in [-0.4, -0.2) is 10.1 Å². The minimum atomic E-state index is -0.835. The number of hydrogen-bond donors (Lipinski definition) is 1. The molecule has 10 heavy (non-hydrogen) atoms.